The predicted molar refractivity (Wildman–Crippen MR) is 98.0 cm³/mol. The molecule has 0 fully saturated rings. The Morgan fingerprint density at radius 1 is 1.04 bits per heavy atom. The second kappa shape index (κ2) is 6.32. The smallest absolute Gasteiger partial charge is 0.163 e. The van der Waals surface area contributed by atoms with Crippen LogP contribution >= 0.6 is 0 Å². The number of aromatic nitrogens is 5. The minimum atomic E-state index is 0.675. The molecule has 6 heteroatoms. The Hall–Kier alpha value is -3.28. The van der Waals surface area contributed by atoms with Gasteiger partial charge in [0.15, 0.2) is 5.65 Å². The maximum atomic E-state index is 4.52. The van der Waals surface area contributed by atoms with Gasteiger partial charge in [-0.1, -0.05) is 24.3 Å². The maximum absolute atomic E-state index is 4.52. The zero-order valence-corrected chi connectivity index (χ0v) is 14.1. The van der Waals surface area contributed by atoms with Crippen LogP contribution in [0, 0.1) is 6.92 Å². The van der Waals surface area contributed by atoms with E-state index in [9.17, 15) is 0 Å². The van der Waals surface area contributed by atoms with Gasteiger partial charge in [-0.25, -0.2) is 9.97 Å². The Bertz CT molecular complexity index is 1020. The SMILES string of the molecule is Cc1nc(NCc2cccc(-c3cccnc3)c2)c2cnn(C)c2n1. The summed E-state index contributed by atoms with van der Waals surface area (Å²) in [6, 6.07) is 12.4. The van der Waals surface area contributed by atoms with Gasteiger partial charge in [0.05, 0.1) is 11.6 Å². The number of hydrogen-bond donors (Lipinski definition) is 1. The molecular weight excluding hydrogens is 312 g/mol. The third-order valence-corrected chi connectivity index (χ3v) is 4.09. The van der Waals surface area contributed by atoms with E-state index in [0.717, 1.165) is 33.8 Å². The lowest BCUT2D eigenvalue weighted by atomic mass is 10.0. The van der Waals surface area contributed by atoms with Crippen LogP contribution in [0.5, 0.6) is 0 Å². The summed E-state index contributed by atoms with van der Waals surface area (Å²) in [5.74, 6) is 1.53. The first-order valence-corrected chi connectivity index (χ1v) is 8.10. The summed E-state index contributed by atoms with van der Waals surface area (Å²) in [4.78, 5) is 13.2. The first-order valence-electron chi connectivity index (χ1n) is 8.10. The first kappa shape index (κ1) is 15.3. The van der Waals surface area contributed by atoms with Crippen molar-refractivity contribution in [2.24, 2.45) is 7.05 Å². The number of nitrogens with zero attached hydrogens (tertiary/aromatic N) is 5. The van der Waals surface area contributed by atoms with Gasteiger partial charge in [-0.3, -0.25) is 9.67 Å². The zero-order chi connectivity index (χ0) is 17.2. The van der Waals surface area contributed by atoms with E-state index < -0.39 is 0 Å². The van der Waals surface area contributed by atoms with Crippen LogP contribution in [0.3, 0.4) is 0 Å². The monoisotopic (exact) mass is 330 g/mol. The molecule has 0 aliphatic heterocycles. The molecule has 124 valence electrons. The third-order valence-electron chi connectivity index (χ3n) is 4.09. The van der Waals surface area contributed by atoms with Gasteiger partial charge in [0.25, 0.3) is 0 Å². The molecule has 0 amide bonds. The number of aryl methyl sites for hydroxylation is 2. The largest absolute Gasteiger partial charge is 0.365 e. The lowest BCUT2D eigenvalue weighted by molar-refractivity contribution is 0.783. The summed E-state index contributed by atoms with van der Waals surface area (Å²) in [6.45, 7) is 2.56. The van der Waals surface area contributed by atoms with Crippen molar-refractivity contribution in [1.29, 1.82) is 0 Å². The van der Waals surface area contributed by atoms with Gasteiger partial charge in [-0.15, -0.1) is 0 Å². The zero-order valence-electron chi connectivity index (χ0n) is 14.1. The van der Waals surface area contributed by atoms with Gasteiger partial charge in [-0.2, -0.15) is 5.10 Å². The van der Waals surface area contributed by atoms with E-state index >= 15 is 0 Å². The van der Waals surface area contributed by atoms with Crippen molar-refractivity contribution in [3.8, 4) is 11.1 Å². The Balaban J connectivity index is 1.60. The normalized spacial score (nSPS) is 11.0. The third kappa shape index (κ3) is 3.06. The van der Waals surface area contributed by atoms with Crippen LogP contribution in [0.1, 0.15) is 11.4 Å². The Kier molecular flexibility index (Phi) is 3.85. The lowest BCUT2D eigenvalue weighted by Gasteiger charge is -2.09. The molecule has 0 saturated carbocycles. The highest BCUT2D eigenvalue weighted by Crippen LogP contribution is 2.22. The topological polar surface area (TPSA) is 68.5 Å². The standard InChI is InChI=1S/C19H18N6/c1-13-23-18(17-12-22-25(2)19(17)24-13)21-10-14-5-3-6-15(9-14)16-7-4-8-20-11-16/h3-9,11-12H,10H2,1-2H3,(H,21,23,24). The molecule has 25 heavy (non-hydrogen) atoms. The molecule has 4 aromatic rings. The molecule has 4 rings (SSSR count). The molecule has 3 heterocycles. The quantitative estimate of drug-likeness (QED) is 0.621. The Morgan fingerprint density at radius 3 is 2.76 bits per heavy atom. The predicted octanol–water partition coefficient (Wildman–Crippen LogP) is 3.35. The van der Waals surface area contributed by atoms with E-state index in [1.54, 1.807) is 17.1 Å². The van der Waals surface area contributed by atoms with Gasteiger partial charge < -0.3 is 5.32 Å². The molecule has 1 aromatic carbocycles. The van der Waals surface area contributed by atoms with Crippen LogP contribution < -0.4 is 5.32 Å². The second-order valence-corrected chi connectivity index (χ2v) is 5.92. The van der Waals surface area contributed by atoms with Crippen molar-refractivity contribution in [1.82, 2.24) is 24.7 Å². The van der Waals surface area contributed by atoms with Gasteiger partial charge in [0, 0.05) is 26.0 Å². The van der Waals surface area contributed by atoms with Crippen molar-refractivity contribution in [2.45, 2.75) is 13.5 Å². The Morgan fingerprint density at radius 2 is 1.92 bits per heavy atom. The number of rotatable bonds is 4. The molecule has 0 unspecified atom stereocenters. The van der Waals surface area contributed by atoms with Crippen LogP contribution in [0.25, 0.3) is 22.2 Å². The molecule has 0 atom stereocenters. The van der Waals surface area contributed by atoms with Crippen LogP contribution in [0.2, 0.25) is 0 Å². The van der Waals surface area contributed by atoms with Crippen molar-refractivity contribution < 1.29 is 0 Å². The molecule has 3 aromatic heterocycles. The summed E-state index contributed by atoms with van der Waals surface area (Å²) in [6.07, 6.45) is 5.45. The van der Waals surface area contributed by atoms with Crippen molar-refractivity contribution >= 4 is 16.9 Å². The second-order valence-electron chi connectivity index (χ2n) is 5.92. The van der Waals surface area contributed by atoms with Gasteiger partial charge in [-0.05, 0) is 35.7 Å². The first-order chi connectivity index (χ1) is 12.2. The van der Waals surface area contributed by atoms with E-state index in [1.165, 1.54) is 5.56 Å². The summed E-state index contributed by atoms with van der Waals surface area (Å²) in [7, 11) is 1.88. The highest BCUT2D eigenvalue weighted by atomic mass is 15.3. The average molecular weight is 330 g/mol. The molecule has 0 spiro atoms. The van der Waals surface area contributed by atoms with E-state index in [0.29, 0.717) is 6.54 Å². The van der Waals surface area contributed by atoms with Crippen LogP contribution in [-0.4, -0.2) is 24.7 Å². The van der Waals surface area contributed by atoms with E-state index in [4.69, 9.17) is 0 Å². The fourth-order valence-corrected chi connectivity index (χ4v) is 2.85. The summed E-state index contributed by atoms with van der Waals surface area (Å²) in [5.41, 5.74) is 4.27. The number of hydrogen-bond acceptors (Lipinski definition) is 5. The highest BCUT2D eigenvalue weighted by molar-refractivity contribution is 5.86. The molecular formula is C19H18N6. The van der Waals surface area contributed by atoms with Crippen molar-refractivity contribution in [3.63, 3.8) is 0 Å². The van der Waals surface area contributed by atoms with Crippen LogP contribution in [-0.2, 0) is 13.6 Å². The van der Waals surface area contributed by atoms with Crippen LogP contribution in [0.4, 0.5) is 5.82 Å². The highest BCUT2D eigenvalue weighted by Gasteiger charge is 2.09. The molecule has 0 radical (unpaired) electrons. The molecule has 1 N–H and O–H groups in total. The van der Waals surface area contributed by atoms with E-state index in [-0.39, 0.29) is 0 Å². The van der Waals surface area contributed by atoms with Crippen LogP contribution in [0.15, 0.2) is 55.0 Å². The molecule has 6 nitrogen and oxygen atoms in total. The molecule has 0 aliphatic rings. The van der Waals surface area contributed by atoms with Gasteiger partial charge in [0.2, 0.25) is 0 Å². The van der Waals surface area contributed by atoms with E-state index in [1.807, 2.05) is 26.2 Å². The number of nitrogens with one attached hydrogen (secondary N) is 1. The number of anilines is 1. The summed E-state index contributed by atoms with van der Waals surface area (Å²) < 4.78 is 1.76. The summed E-state index contributed by atoms with van der Waals surface area (Å²) >= 11 is 0. The van der Waals surface area contributed by atoms with E-state index in [2.05, 4.69) is 55.7 Å². The molecule has 0 aliphatic carbocycles. The minimum Gasteiger partial charge on any atom is -0.365 e. The maximum Gasteiger partial charge on any atom is 0.163 e. The average Bonchev–Trinajstić information content (AvgIpc) is 3.02. The summed E-state index contributed by atoms with van der Waals surface area (Å²) in [5, 5.41) is 8.62. The lowest BCUT2D eigenvalue weighted by Crippen LogP contribution is -2.04. The number of benzene rings is 1. The minimum absolute atomic E-state index is 0.675. The Labute approximate surface area is 145 Å². The molecule has 0 saturated heterocycles. The fraction of sp³-hybridized carbons (Fsp3) is 0.158. The number of pyridine rings is 1. The molecule has 0 bridgehead atoms. The van der Waals surface area contributed by atoms with Crippen molar-refractivity contribution in [3.05, 3.63) is 66.4 Å². The van der Waals surface area contributed by atoms with Gasteiger partial charge in [0.1, 0.15) is 11.6 Å². The van der Waals surface area contributed by atoms with Crippen molar-refractivity contribution in [2.75, 3.05) is 5.32 Å². The number of fused-ring (bicyclic) bond motifs is 1. The van der Waals surface area contributed by atoms with Gasteiger partial charge >= 0.3 is 0 Å². The fourth-order valence-electron chi connectivity index (χ4n) is 2.85.